The zero-order valence-corrected chi connectivity index (χ0v) is 19.6. The SMILES string of the molecule is CCOc1ccccc1C1(O)C(=O)N(CCN(CC)CC)c2cc(C(=O)OC)cc(Cl)c21. The maximum Gasteiger partial charge on any atom is 0.337 e. The largest absolute Gasteiger partial charge is 0.493 e. The molecule has 0 fully saturated rings. The van der Waals surface area contributed by atoms with Crippen molar-refractivity contribution >= 4 is 29.2 Å². The number of aliphatic hydroxyl groups is 1. The minimum atomic E-state index is -2.05. The van der Waals surface area contributed by atoms with Gasteiger partial charge in [0.15, 0.2) is 0 Å². The second-order valence-corrected chi connectivity index (χ2v) is 7.87. The minimum Gasteiger partial charge on any atom is -0.493 e. The summed E-state index contributed by atoms with van der Waals surface area (Å²) in [6.07, 6.45) is 0. The van der Waals surface area contributed by atoms with Crippen molar-refractivity contribution in [1.29, 1.82) is 0 Å². The van der Waals surface area contributed by atoms with Crippen molar-refractivity contribution < 1.29 is 24.2 Å². The summed E-state index contributed by atoms with van der Waals surface area (Å²) in [5.41, 5.74) is -0.895. The third kappa shape index (κ3) is 4.08. The van der Waals surface area contributed by atoms with Crippen LogP contribution in [-0.2, 0) is 15.1 Å². The molecule has 0 aromatic heterocycles. The number of hydrogen-bond acceptors (Lipinski definition) is 6. The van der Waals surface area contributed by atoms with Crippen molar-refractivity contribution in [1.82, 2.24) is 4.90 Å². The number of nitrogens with zero attached hydrogens (tertiary/aromatic N) is 2. The van der Waals surface area contributed by atoms with Crippen molar-refractivity contribution in [2.45, 2.75) is 26.4 Å². The van der Waals surface area contributed by atoms with E-state index in [0.29, 0.717) is 36.7 Å². The Hall–Kier alpha value is -2.61. The fraction of sp³-hybridized carbons (Fsp3) is 0.417. The van der Waals surface area contributed by atoms with Crippen LogP contribution in [0.5, 0.6) is 5.75 Å². The summed E-state index contributed by atoms with van der Waals surface area (Å²) < 4.78 is 10.6. The standard InChI is InChI=1S/C24H29ClN2O5/c1-5-26(6-2)12-13-27-19-15-16(22(28)31-4)14-18(25)21(19)24(30,23(27)29)17-10-8-9-11-20(17)32-7-3/h8-11,14-15,30H,5-7,12-13H2,1-4H3. The summed E-state index contributed by atoms with van der Waals surface area (Å²) in [5.74, 6) is -0.706. The average Bonchev–Trinajstić information content (AvgIpc) is 3.02. The number of anilines is 1. The highest BCUT2D eigenvalue weighted by atomic mass is 35.5. The average molecular weight is 461 g/mol. The van der Waals surface area contributed by atoms with Crippen molar-refractivity contribution in [3.05, 3.63) is 58.1 Å². The molecular formula is C24H29ClN2O5. The number of amides is 1. The van der Waals surface area contributed by atoms with Gasteiger partial charge in [0.05, 0.1) is 30.0 Å². The van der Waals surface area contributed by atoms with E-state index in [1.165, 1.54) is 18.1 Å². The highest BCUT2D eigenvalue weighted by molar-refractivity contribution is 6.33. The Labute approximate surface area is 193 Å². The molecule has 0 aliphatic carbocycles. The number of para-hydroxylation sites is 1. The van der Waals surface area contributed by atoms with Crippen LogP contribution in [-0.4, -0.2) is 61.8 Å². The molecule has 1 heterocycles. The zero-order valence-electron chi connectivity index (χ0n) is 18.9. The molecule has 2 aromatic rings. The number of carbonyl (C=O) groups excluding carboxylic acids is 2. The minimum absolute atomic E-state index is 0.107. The number of fused-ring (bicyclic) bond motifs is 1. The molecule has 3 rings (SSSR count). The van der Waals surface area contributed by atoms with Crippen LogP contribution in [0.25, 0.3) is 0 Å². The third-order valence-electron chi connectivity index (χ3n) is 5.81. The molecule has 1 amide bonds. The van der Waals surface area contributed by atoms with Gasteiger partial charge < -0.3 is 24.4 Å². The van der Waals surface area contributed by atoms with Crippen molar-refractivity contribution in [2.24, 2.45) is 0 Å². The maximum atomic E-state index is 13.8. The lowest BCUT2D eigenvalue weighted by Crippen LogP contribution is -2.44. The van der Waals surface area contributed by atoms with Gasteiger partial charge in [-0.25, -0.2) is 4.79 Å². The topological polar surface area (TPSA) is 79.3 Å². The zero-order chi connectivity index (χ0) is 23.5. The molecule has 1 atom stereocenters. The predicted octanol–water partition coefficient (Wildman–Crippen LogP) is 3.45. The van der Waals surface area contributed by atoms with E-state index in [9.17, 15) is 14.7 Å². The van der Waals surface area contributed by atoms with Crippen molar-refractivity contribution in [3.8, 4) is 5.75 Å². The van der Waals surface area contributed by atoms with E-state index >= 15 is 0 Å². The fourth-order valence-electron chi connectivity index (χ4n) is 4.11. The van der Waals surface area contributed by atoms with Crippen molar-refractivity contribution in [2.75, 3.05) is 44.8 Å². The number of halogens is 1. The van der Waals surface area contributed by atoms with Crippen LogP contribution in [0.1, 0.15) is 42.3 Å². The van der Waals surface area contributed by atoms with Crippen LogP contribution in [0.3, 0.4) is 0 Å². The fourth-order valence-corrected chi connectivity index (χ4v) is 4.46. The molecule has 1 aliphatic heterocycles. The molecule has 8 heteroatoms. The number of rotatable bonds is 9. The van der Waals surface area contributed by atoms with E-state index in [1.54, 1.807) is 30.3 Å². The molecule has 172 valence electrons. The second-order valence-electron chi connectivity index (χ2n) is 7.47. The van der Waals surface area contributed by atoms with Crippen LogP contribution in [0.15, 0.2) is 36.4 Å². The lowest BCUT2D eigenvalue weighted by Gasteiger charge is -2.27. The number of benzene rings is 2. The third-order valence-corrected chi connectivity index (χ3v) is 6.11. The molecule has 32 heavy (non-hydrogen) atoms. The normalized spacial score (nSPS) is 17.6. The molecule has 0 saturated heterocycles. The Balaban J connectivity index is 2.20. The first-order chi connectivity index (χ1) is 15.3. The Bertz CT molecular complexity index is 1010. The lowest BCUT2D eigenvalue weighted by atomic mass is 9.86. The summed E-state index contributed by atoms with van der Waals surface area (Å²) in [6, 6.07) is 9.84. The van der Waals surface area contributed by atoms with Gasteiger partial charge in [0.1, 0.15) is 5.75 Å². The summed E-state index contributed by atoms with van der Waals surface area (Å²) in [5, 5.41) is 12.0. The molecule has 1 aliphatic rings. The monoisotopic (exact) mass is 460 g/mol. The smallest absolute Gasteiger partial charge is 0.337 e. The lowest BCUT2D eigenvalue weighted by molar-refractivity contribution is -0.132. The van der Waals surface area contributed by atoms with Crippen molar-refractivity contribution in [3.63, 3.8) is 0 Å². The highest BCUT2D eigenvalue weighted by Gasteiger charge is 2.54. The van der Waals surface area contributed by atoms with Gasteiger partial charge in [0.2, 0.25) is 5.60 Å². The summed E-state index contributed by atoms with van der Waals surface area (Å²) in [4.78, 5) is 29.6. The van der Waals surface area contributed by atoms with Gasteiger partial charge in [-0.3, -0.25) is 4.79 Å². The molecule has 0 saturated carbocycles. The van der Waals surface area contributed by atoms with Gasteiger partial charge in [-0.05, 0) is 38.2 Å². The molecular weight excluding hydrogens is 432 g/mol. The summed E-state index contributed by atoms with van der Waals surface area (Å²) in [7, 11) is 1.28. The van der Waals surface area contributed by atoms with Gasteiger partial charge in [0.25, 0.3) is 5.91 Å². The molecule has 1 unspecified atom stereocenters. The van der Waals surface area contributed by atoms with Gasteiger partial charge in [0, 0.05) is 24.2 Å². The van der Waals surface area contributed by atoms with Crippen LogP contribution in [0, 0.1) is 0 Å². The first kappa shape index (κ1) is 24.0. The first-order valence-electron chi connectivity index (χ1n) is 10.7. The Morgan fingerprint density at radius 3 is 2.50 bits per heavy atom. The summed E-state index contributed by atoms with van der Waals surface area (Å²) >= 11 is 6.59. The van der Waals surface area contributed by atoms with Crippen LogP contribution in [0.4, 0.5) is 5.69 Å². The van der Waals surface area contributed by atoms with E-state index in [2.05, 4.69) is 4.90 Å². The molecule has 2 aromatic carbocycles. The Morgan fingerprint density at radius 2 is 1.88 bits per heavy atom. The number of likely N-dealkylation sites (N-methyl/N-ethyl adjacent to an activating group) is 1. The van der Waals surface area contributed by atoms with E-state index in [4.69, 9.17) is 21.1 Å². The van der Waals surface area contributed by atoms with E-state index in [0.717, 1.165) is 13.1 Å². The molecule has 7 nitrogen and oxygen atoms in total. The Kier molecular flexibility index (Phi) is 7.44. The molecule has 0 spiro atoms. The van der Waals surface area contributed by atoms with Gasteiger partial charge >= 0.3 is 5.97 Å². The van der Waals surface area contributed by atoms with Crippen LogP contribution in [0.2, 0.25) is 5.02 Å². The first-order valence-corrected chi connectivity index (χ1v) is 11.1. The quantitative estimate of drug-likeness (QED) is 0.577. The van der Waals surface area contributed by atoms with E-state index in [1.807, 2.05) is 20.8 Å². The number of carbonyl (C=O) groups is 2. The van der Waals surface area contributed by atoms with Gasteiger partial charge in [-0.2, -0.15) is 0 Å². The molecule has 1 N–H and O–H groups in total. The van der Waals surface area contributed by atoms with Gasteiger partial charge in [-0.1, -0.05) is 43.6 Å². The maximum absolute atomic E-state index is 13.8. The molecule has 0 bridgehead atoms. The number of hydrogen-bond donors (Lipinski definition) is 1. The number of esters is 1. The highest BCUT2D eigenvalue weighted by Crippen LogP contribution is 2.50. The number of ether oxygens (including phenoxy) is 2. The van der Waals surface area contributed by atoms with Crippen LogP contribution < -0.4 is 9.64 Å². The van der Waals surface area contributed by atoms with Gasteiger partial charge in [-0.15, -0.1) is 0 Å². The summed E-state index contributed by atoms with van der Waals surface area (Å²) in [6.45, 7) is 8.87. The Morgan fingerprint density at radius 1 is 1.19 bits per heavy atom. The van der Waals surface area contributed by atoms with E-state index < -0.39 is 17.5 Å². The van der Waals surface area contributed by atoms with Crippen LogP contribution >= 0.6 is 11.6 Å². The number of methoxy groups -OCH3 is 1. The van der Waals surface area contributed by atoms with E-state index in [-0.39, 0.29) is 16.1 Å². The predicted molar refractivity (Wildman–Crippen MR) is 124 cm³/mol. The molecule has 0 radical (unpaired) electrons. The second kappa shape index (κ2) is 9.90.